The topological polar surface area (TPSA) is 63.8 Å². The molecule has 1 N–H and O–H groups in total. The third kappa shape index (κ3) is 1.74. The highest BCUT2D eigenvalue weighted by Crippen LogP contribution is 2.21. The van der Waals surface area contributed by atoms with Gasteiger partial charge in [-0.2, -0.15) is 5.10 Å². The zero-order valence-electron chi connectivity index (χ0n) is 9.85. The van der Waals surface area contributed by atoms with Crippen LogP contribution in [0.4, 0.5) is 0 Å². The van der Waals surface area contributed by atoms with Gasteiger partial charge in [-0.3, -0.25) is 0 Å². The van der Waals surface area contributed by atoms with Crippen LogP contribution in [0.5, 0.6) is 0 Å². The normalized spacial score (nSPS) is 12.8. The molecule has 2 heterocycles. The standard InChI is InChI=1S/C13H12N4O/c1-9(18)10-2-3-13-11(4-10)5-16-17(13)12-6-14-8-15-7-12/h2-9,18H,1H3. The third-order valence-corrected chi connectivity index (χ3v) is 2.87. The van der Waals surface area contributed by atoms with Crippen LogP contribution in [-0.2, 0) is 0 Å². The maximum Gasteiger partial charge on any atom is 0.115 e. The fraction of sp³-hybridized carbons (Fsp3) is 0.154. The van der Waals surface area contributed by atoms with Crippen LogP contribution in [0.15, 0.2) is 43.1 Å². The molecule has 0 saturated carbocycles. The number of hydrogen-bond acceptors (Lipinski definition) is 4. The van der Waals surface area contributed by atoms with Gasteiger partial charge in [0.15, 0.2) is 0 Å². The number of rotatable bonds is 2. The van der Waals surface area contributed by atoms with E-state index >= 15 is 0 Å². The number of aliphatic hydroxyl groups excluding tert-OH is 1. The zero-order chi connectivity index (χ0) is 12.5. The monoisotopic (exact) mass is 240 g/mol. The Hall–Kier alpha value is -2.27. The lowest BCUT2D eigenvalue weighted by atomic mass is 10.1. The largest absolute Gasteiger partial charge is 0.389 e. The van der Waals surface area contributed by atoms with E-state index in [1.807, 2.05) is 18.2 Å². The minimum absolute atomic E-state index is 0.474. The van der Waals surface area contributed by atoms with Crippen LogP contribution in [0, 0.1) is 0 Å². The van der Waals surface area contributed by atoms with E-state index in [2.05, 4.69) is 15.1 Å². The summed E-state index contributed by atoms with van der Waals surface area (Å²) in [5.74, 6) is 0. The second-order valence-electron chi connectivity index (χ2n) is 4.15. The molecule has 0 aliphatic rings. The van der Waals surface area contributed by atoms with Gasteiger partial charge in [-0.1, -0.05) is 6.07 Å². The smallest absolute Gasteiger partial charge is 0.115 e. The molecule has 3 aromatic rings. The Morgan fingerprint density at radius 3 is 2.67 bits per heavy atom. The van der Waals surface area contributed by atoms with Crippen LogP contribution in [0.3, 0.4) is 0 Å². The molecule has 90 valence electrons. The highest BCUT2D eigenvalue weighted by molar-refractivity contribution is 5.81. The first-order chi connectivity index (χ1) is 8.75. The number of aromatic nitrogens is 4. The van der Waals surface area contributed by atoms with Crippen molar-refractivity contribution < 1.29 is 5.11 Å². The summed E-state index contributed by atoms with van der Waals surface area (Å²) in [5.41, 5.74) is 2.66. The van der Waals surface area contributed by atoms with Crippen molar-refractivity contribution >= 4 is 10.9 Å². The van der Waals surface area contributed by atoms with Crippen LogP contribution in [0.1, 0.15) is 18.6 Å². The predicted molar refractivity (Wildman–Crippen MR) is 67.3 cm³/mol. The molecule has 18 heavy (non-hydrogen) atoms. The molecule has 0 fully saturated rings. The molecule has 0 aliphatic carbocycles. The number of nitrogens with zero attached hydrogens (tertiary/aromatic N) is 4. The first-order valence-electron chi connectivity index (χ1n) is 5.67. The number of hydrogen-bond donors (Lipinski definition) is 1. The van der Waals surface area contributed by atoms with Gasteiger partial charge in [-0.15, -0.1) is 0 Å². The lowest BCUT2D eigenvalue weighted by molar-refractivity contribution is 0.199. The van der Waals surface area contributed by atoms with Gasteiger partial charge in [-0.25, -0.2) is 14.6 Å². The minimum Gasteiger partial charge on any atom is -0.389 e. The summed E-state index contributed by atoms with van der Waals surface area (Å²) in [6.07, 6.45) is 6.21. The van der Waals surface area contributed by atoms with Crippen molar-refractivity contribution in [3.63, 3.8) is 0 Å². The van der Waals surface area contributed by atoms with Gasteiger partial charge in [0.05, 0.1) is 30.2 Å². The molecule has 0 spiro atoms. The average Bonchev–Trinajstić information content (AvgIpc) is 2.82. The molecule has 0 aliphatic heterocycles. The minimum atomic E-state index is -0.474. The number of benzene rings is 1. The molecule has 3 rings (SSSR count). The van der Waals surface area contributed by atoms with Crippen molar-refractivity contribution in [1.29, 1.82) is 0 Å². The summed E-state index contributed by atoms with van der Waals surface area (Å²) in [6.45, 7) is 1.75. The molecule has 0 saturated heterocycles. The van der Waals surface area contributed by atoms with E-state index in [1.54, 1.807) is 30.2 Å². The molecule has 0 amide bonds. The van der Waals surface area contributed by atoms with Crippen LogP contribution < -0.4 is 0 Å². The molecule has 0 bridgehead atoms. The summed E-state index contributed by atoms with van der Waals surface area (Å²) in [7, 11) is 0. The van der Waals surface area contributed by atoms with Crippen LogP contribution in [-0.4, -0.2) is 24.9 Å². The predicted octanol–water partition coefficient (Wildman–Crippen LogP) is 1.87. The molecule has 0 radical (unpaired) electrons. The lowest BCUT2D eigenvalue weighted by Crippen LogP contribution is -1.97. The third-order valence-electron chi connectivity index (χ3n) is 2.87. The van der Waals surface area contributed by atoms with Gasteiger partial charge in [0, 0.05) is 5.39 Å². The van der Waals surface area contributed by atoms with Crippen LogP contribution >= 0.6 is 0 Å². The Morgan fingerprint density at radius 1 is 1.17 bits per heavy atom. The summed E-state index contributed by atoms with van der Waals surface area (Å²) >= 11 is 0. The maximum atomic E-state index is 9.56. The second kappa shape index (κ2) is 4.19. The Bertz CT molecular complexity index is 676. The van der Waals surface area contributed by atoms with Gasteiger partial charge >= 0.3 is 0 Å². The van der Waals surface area contributed by atoms with Crippen molar-refractivity contribution in [3.05, 3.63) is 48.7 Å². The van der Waals surface area contributed by atoms with Crippen molar-refractivity contribution in [2.24, 2.45) is 0 Å². The molecule has 5 heteroatoms. The Morgan fingerprint density at radius 2 is 1.94 bits per heavy atom. The Balaban J connectivity index is 2.16. The molecule has 1 aromatic carbocycles. The molecule has 1 atom stereocenters. The van der Waals surface area contributed by atoms with Crippen LogP contribution in [0.2, 0.25) is 0 Å². The quantitative estimate of drug-likeness (QED) is 0.742. The summed E-state index contributed by atoms with van der Waals surface area (Å²) in [6, 6.07) is 5.78. The number of fused-ring (bicyclic) bond motifs is 1. The van der Waals surface area contributed by atoms with Crippen molar-refractivity contribution in [2.75, 3.05) is 0 Å². The Labute approximate surface area is 104 Å². The molecular formula is C13H12N4O. The molecule has 5 nitrogen and oxygen atoms in total. The highest BCUT2D eigenvalue weighted by atomic mass is 16.3. The van der Waals surface area contributed by atoms with Gasteiger partial charge in [0.2, 0.25) is 0 Å². The zero-order valence-corrected chi connectivity index (χ0v) is 9.85. The SMILES string of the molecule is CC(O)c1ccc2c(cnn2-c2cncnc2)c1. The second-order valence-corrected chi connectivity index (χ2v) is 4.15. The lowest BCUT2D eigenvalue weighted by Gasteiger charge is -2.05. The van der Waals surface area contributed by atoms with E-state index in [9.17, 15) is 5.11 Å². The number of aliphatic hydroxyl groups is 1. The Kier molecular flexibility index (Phi) is 2.53. The van der Waals surface area contributed by atoms with Crippen molar-refractivity contribution in [1.82, 2.24) is 19.7 Å². The van der Waals surface area contributed by atoms with Gasteiger partial charge < -0.3 is 5.11 Å². The summed E-state index contributed by atoms with van der Waals surface area (Å²) in [5, 5.41) is 14.9. The maximum absolute atomic E-state index is 9.56. The van der Waals surface area contributed by atoms with E-state index in [0.29, 0.717) is 0 Å². The van der Waals surface area contributed by atoms with Gasteiger partial charge in [0.1, 0.15) is 12.0 Å². The molecular weight excluding hydrogens is 228 g/mol. The van der Waals surface area contributed by atoms with E-state index in [4.69, 9.17) is 0 Å². The van der Waals surface area contributed by atoms with Gasteiger partial charge in [0.25, 0.3) is 0 Å². The average molecular weight is 240 g/mol. The van der Waals surface area contributed by atoms with E-state index in [-0.39, 0.29) is 0 Å². The highest BCUT2D eigenvalue weighted by Gasteiger charge is 2.07. The summed E-state index contributed by atoms with van der Waals surface area (Å²) < 4.78 is 1.78. The van der Waals surface area contributed by atoms with E-state index < -0.39 is 6.10 Å². The first kappa shape index (κ1) is 10.9. The van der Waals surface area contributed by atoms with Gasteiger partial charge in [-0.05, 0) is 24.6 Å². The fourth-order valence-corrected chi connectivity index (χ4v) is 1.92. The summed E-state index contributed by atoms with van der Waals surface area (Å²) in [4.78, 5) is 7.96. The van der Waals surface area contributed by atoms with Crippen molar-refractivity contribution in [3.8, 4) is 5.69 Å². The fourth-order valence-electron chi connectivity index (χ4n) is 1.92. The van der Waals surface area contributed by atoms with E-state index in [1.165, 1.54) is 6.33 Å². The van der Waals surface area contributed by atoms with Crippen LogP contribution in [0.25, 0.3) is 16.6 Å². The molecule has 1 unspecified atom stereocenters. The first-order valence-corrected chi connectivity index (χ1v) is 5.67. The van der Waals surface area contributed by atoms with E-state index in [0.717, 1.165) is 22.2 Å². The molecule has 2 aromatic heterocycles. The van der Waals surface area contributed by atoms with Crippen molar-refractivity contribution in [2.45, 2.75) is 13.0 Å².